The molecule has 0 aliphatic heterocycles. The average Bonchev–Trinajstić information content (AvgIpc) is 1.60. The minimum absolute atomic E-state index is 1.07. The molecule has 0 heterocycles. The molecule has 0 bridgehead atoms. The van der Waals surface area contributed by atoms with Gasteiger partial charge in [-0.05, 0) is 6.92 Å². The van der Waals surface area contributed by atoms with Gasteiger partial charge in [0.15, 0.2) is 0 Å². The minimum atomic E-state index is -4.70. The molecule has 0 rings (SSSR count). The highest BCUT2D eigenvalue weighted by Gasteiger charge is 2.16. The summed E-state index contributed by atoms with van der Waals surface area (Å²) in [5.74, 6) is -1.19. The average molecular weight is 169 g/mol. The molecule has 7 heteroatoms. The Morgan fingerprint density at radius 2 is 2.10 bits per heavy atom. The van der Waals surface area contributed by atoms with Crippen LogP contribution in [0.5, 0.6) is 0 Å². The van der Waals surface area contributed by atoms with E-state index in [0.29, 0.717) is 0 Å². The summed E-state index contributed by atoms with van der Waals surface area (Å²) in [7, 11) is -4.70. The third kappa shape index (κ3) is 4.24. The Bertz CT molecular complexity index is 217. The predicted octanol–water partition coefficient (Wildman–Crippen LogP) is -1.32. The van der Waals surface area contributed by atoms with E-state index in [1.54, 1.807) is 0 Å². The molecule has 60 valence electrons. The van der Waals surface area contributed by atoms with Crippen LogP contribution in [0.3, 0.4) is 0 Å². The predicted molar refractivity (Wildman–Crippen MR) is 31.3 cm³/mol. The summed E-state index contributed by atoms with van der Waals surface area (Å²) in [6.07, 6.45) is 0. The van der Waals surface area contributed by atoms with Gasteiger partial charge in [-0.15, -0.1) is 0 Å². The molecule has 0 aromatic rings. The molecule has 6 nitrogen and oxygen atoms in total. The van der Waals surface area contributed by atoms with Crippen molar-refractivity contribution in [2.24, 2.45) is 5.73 Å². The molecule has 0 aliphatic rings. The van der Waals surface area contributed by atoms with Gasteiger partial charge in [-0.1, -0.05) is 0 Å². The van der Waals surface area contributed by atoms with Crippen LogP contribution in [0.25, 0.3) is 0 Å². The topological polar surface area (TPSA) is 107 Å². The van der Waals surface area contributed by atoms with E-state index in [4.69, 9.17) is 10.3 Å². The molecular formula is C3H7NO5S. The zero-order valence-corrected chi connectivity index (χ0v) is 5.96. The normalized spacial score (nSPS) is 14.3. The molecule has 0 saturated carbocycles. The van der Waals surface area contributed by atoms with Crippen LogP contribution in [0.4, 0.5) is 0 Å². The van der Waals surface area contributed by atoms with Crippen molar-refractivity contribution in [2.45, 2.75) is 13.0 Å². The fourth-order valence-corrected chi connectivity index (χ4v) is 0.539. The number of hydrogen-bond donors (Lipinski definition) is 2. The van der Waals surface area contributed by atoms with Crippen molar-refractivity contribution < 1.29 is 21.9 Å². The highest BCUT2D eigenvalue weighted by atomic mass is 32.3. The van der Waals surface area contributed by atoms with Gasteiger partial charge in [0.05, 0.1) is 0 Å². The van der Waals surface area contributed by atoms with Gasteiger partial charge in [0.1, 0.15) is 6.04 Å². The highest BCUT2D eigenvalue weighted by molar-refractivity contribution is 7.81. The molecule has 0 aromatic heterocycles. The number of carbonyl (C=O) groups excluding carboxylic acids is 1. The van der Waals surface area contributed by atoms with Crippen LogP contribution >= 0.6 is 0 Å². The van der Waals surface area contributed by atoms with E-state index in [2.05, 4.69) is 4.18 Å². The van der Waals surface area contributed by atoms with Crippen molar-refractivity contribution in [3.63, 3.8) is 0 Å². The number of rotatable bonds is 2. The Hall–Kier alpha value is -0.660. The summed E-state index contributed by atoms with van der Waals surface area (Å²) >= 11 is 0. The molecule has 0 radical (unpaired) electrons. The van der Waals surface area contributed by atoms with Gasteiger partial charge < -0.3 is 9.92 Å². The lowest BCUT2D eigenvalue weighted by atomic mass is 10.4. The molecule has 0 fully saturated rings. The molecule has 1 atom stereocenters. The zero-order chi connectivity index (χ0) is 8.36. The van der Waals surface area contributed by atoms with Crippen LogP contribution in [-0.2, 0) is 19.4 Å². The van der Waals surface area contributed by atoms with E-state index >= 15 is 0 Å². The van der Waals surface area contributed by atoms with Gasteiger partial charge in [-0.25, -0.2) is 4.79 Å². The second-order valence-corrected chi connectivity index (χ2v) is 2.64. The van der Waals surface area contributed by atoms with Gasteiger partial charge >= 0.3 is 16.4 Å². The first-order chi connectivity index (χ1) is 4.33. The maximum atomic E-state index is 10.3. The van der Waals surface area contributed by atoms with E-state index in [1.165, 1.54) is 6.92 Å². The van der Waals surface area contributed by atoms with Crippen LogP contribution in [0.15, 0.2) is 0 Å². The van der Waals surface area contributed by atoms with Crippen molar-refractivity contribution in [1.29, 1.82) is 0 Å². The summed E-state index contributed by atoms with van der Waals surface area (Å²) in [4.78, 5) is 10.3. The largest absolute Gasteiger partial charge is 0.449 e. The maximum Gasteiger partial charge on any atom is 0.449 e. The number of carbonyl (C=O) groups is 1. The van der Waals surface area contributed by atoms with E-state index in [-0.39, 0.29) is 0 Å². The third-order valence-corrected chi connectivity index (χ3v) is 0.934. The number of hydrogen-bond acceptors (Lipinski definition) is 5. The van der Waals surface area contributed by atoms with Crippen molar-refractivity contribution in [3.05, 3.63) is 0 Å². The quantitative estimate of drug-likeness (QED) is 0.496. The first kappa shape index (κ1) is 9.34. The molecular weight excluding hydrogens is 162 g/mol. The second kappa shape index (κ2) is 2.95. The zero-order valence-electron chi connectivity index (χ0n) is 5.14. The van der Waals surface area contributed by atoms with Crippen LogP contribution < -0.4 is 5.73 Å². The maximum absolute atomic E-state index is 10.3. The summed E-state index contributed by atoms with van der Waals surface area (Å²) in [5, 5.41) is 0. The first-order valence-corrected chi connectivity index (χ1v) is 3.66. The first-order valence-electron chi connectivity index (χ1n) is 2.29. The molecule has 0 aliphatic carbocycles. The van der Waals surface area contributed by atoms with Crippen molar-refractivity contribution in [3.8, 4) is 0 Å². The Balaban J connectivity index is 4.07. The van der Waals surface area contributed by atoms with Crippen molar-refractivity contribution in [1.82, 2.24) is 0 Å². The molecule has 0 spiro atoms. The van der Waals surface area contributed by atoms with Gasteiger partial charge in [0.2, 0.25) is 0 Å². The van der Waals surface area contributed by atoms with Gasteiger partial charge in [0.25, 0.3) is 0 Å². The van der Waals surface area contributed by atoms with Gasteiger partial charge in [-0.2, -0.15) is 8.42 Å². The van der Waals surface area contributed by atoms with E-state index in [0.717, 1.165) is 0 Å². The Labute approximate surface area is 57.9 Å². The molecule has 0 unspecified atom stereocenters. The monoisotopic (exact) mass is 169 g/mol. The molecule has 10 heavy (non-hydrogen) atoms. The lowest BCUT2D eigenvalue weighted by Crippen LogP contribution is -2.30. The van der Waals surface area contributed by atoms with Crippen LogP contribution in [0.2, 0.25) is 0 Å². The summed E-state index contributed by atoms with van der Waals surface area (Å²) in [6, 6.07) is -1.07. The summed E-state index contributed by atoms with van der Waals surface area (Å²) in [5.41, 5.74) is 4.89. The van der Waals surface area contributed by atoms with Gasteiger partial charge in [-0.3, -0.25) is 4.55 Å². The van der Waals surface area contributed by atoms with Crippen molar-refractivity contribution >= 4 is 16.4 Å². The molecule has 0 saturated heterocycles. The number of nitrogens with two attached hydrogens (primary N) is 1. The molecule has 0 amide bonds. The highest BCUT2D eigenvalue weighted by Crippen LogP contribution is 1.89. The Morgan fingerprint density at radius 3 is 2.20 bits per heavy atom. The molecule has 3 N–H and O–H groups in total. The Morgan fingerprint density at radius 1 is 1.70 bits per heavy atom. The smallest absolute Gasteiger partial charge is 0.323 e. The summed E-state index contributed by atoms with van der Waals surface area (Å²) < 4.78 is 31.0. The fraction of sp³-hybridized carbons (Fsp3) is 0.667. The van der Waals surface area contributed by atoms with Crippen LogP contribution in [0, 0.1) is 0 Å². The lowest BCUT2D eigenvalue weighted by Gasteiger charge is -2.00. The van der Waals surface area contributed by atoms with Crippen molar-refractivity contribution in [2.75, 3.05) is 0 Å². The van der Waals surface area contributed by atoms with Crippen LogP contribution in [-0.4, -0.2) is 25.0 Å². The third-order valence-electron chi connectivity index (χ3n) is 0.559. The Kier molecular flexibility index (Phi) is 2.76. The van der Waals surface area contributed by atoms with E-state index in [9.17, 15) is 13.2 Å². The molecule has 0 aromatic carbocycles. The van der Waals surface area contributed by atoms with E-state index < -0.39 is 22.4 Å². The lowest BCUT2D eigenvalue weighted by molar-refractivity contribution is -0.135. The second-order valence-electron chi connectivity index (χ2n) is 1.62. The summed E-state index contributed by atoms with van der Waals surface area (Å²) in [6.45, 7) is 1.23. The standard InChI is InChI=1S/C3H7NO5S/c1-2(4)3(5)9-10(6,7)8/h2H,4H2,1H3,(H,6,7,8)/t2-/m0/s1. The van der Waals surface area contributed by atoms with Gasteiger partial charge in [0, 0.05) is 0 Å². The van der Waals surface area contributed by atoms with E-state index in [1.807, 2.05) is 0 Å². The SMILES string of the molecule is C[C@H](N)C(=O)OS(=O)(=O)O. The van der Waals surface area contributed by atoms with Crippen LogP contribution in [0.1, 0.15) is 6.92 Å². The fourth-order valence-electron chi connectivity index (χ4n) is 0.180. The minimum Gasteiger partial charge on any atom is -0.323 e.